The molecule has 0 amide bonds. The molecule has 19 heavy (non-hydrogen) atoms. The van der Waals surface area contributed by atoms with Gasteiger partial charge in [-0.1, -0.05) is 30.3 Å². The molecule has 0 bridgehead atoms. The summed E-state index contributed by atoms with van der Waals surface area (Å²) in [5.74, 6) is -0.897. The normalized spacial score (nSPS) is 9.89. The second-order valence-corrected chi connectivity index (χ2v) is 3.81. The quantitative estimate of drug-likeness (QED) is 0.831. The lowest BCUT2D eigenvalue weighted by atomic mass is 10.2. The molecule has 96 valence electrons. The van der Waals surface area contributed by atoms with E-state index in [2.05, 4.69) is 4.98 Å². The fourth-order valence-electron chi connectivity index (χ4n) is 1.52. The molecule has 5 nitrogen and oxygen atoms in total. The summed E-state index contributed by atoms with van der Waals surface area (Å²) < 4.78 is 5.46. The number of pyridine rings is 1. The van der Waals surface area contributed by atoms with Gasteiger partial charge >= 0.3 is 5.97 Å². The van der Waals surface area contributed by atoms with E-state index in [1.807, 2.05) is 30.3 Å². The van der Waals surface area contributed by atoms with E-state index in [1.165, 1.54) is 12.1 Å². The molecule has 2 rings (SSSR count). The van der Waals surface area contributed by atoms with Gasteiger partial charge in [0.05, 0.1) is 0 Å². The van der Waals surface area contributed by atoms with Gasteiger partial charge in [0.25, 0.3) is 0 Å². The Kier molecular flexibility index (Phi) is 3.87. The van der Waals surface area contributed by atoms with Gasteiger partial charge in [-0.3, -0.25) is 4.79 Å². The summed E-state index contributed by atoms with van der Waals surface area (Å²) in [6, 6.07) is 12.1. The third-order valence-electron chi connectivity index (χ3n) is 2.41. The van der Waals surface area contributed by atoms with Crippen molar-refractivity contribution in [2.75, 3.05) is 0 Å². The molecule has 0 atom stereocenters. The number of benzene rings is 1. The molecule has 0 aliphatic carbocycles. The Hall–Kier alpha value is -2.69. The van der Waals surface area contributed by atoms with Crippen molar-refractivity contribution in [2.45, 2.75) is 6.61 Å². The van der Waals surface area contributed by atoms with Crippen LogP contribution < -0.4 is 4.74 Å². The van der Waals surface area contributed by atoms with Crippen molar-refractivity contribution < 1.29 is 19.4 Å². The summed E-state index contributed by atoms with van der Waals surface area (Å²) >= 11 is 0. The van der Waals surface area contributed by atoms with Gasteiger partial charge in [0, 0.05) is 12.1 Å². The minimum atomic E-state index is -1.20. The van der Waals surface area contributed by atoms with E-state index >= 15 is 0 Å². The first-order chi connectivity index (χ1) is 9.19. The fraction of sp³-hybridized carbons (Fsp3) is 0.0714. The topological polar surface area (TPSA) is 76.5 Å². The van der Waals surface area contributed by atoms with Crippen LogP contribution in [0.15, 0.2) is 42.5 Å². The van der Waals surface area contributed by atoms with Crippen molar-refractivity contribution in [1.82, 2.24) is 4.98 Å². The molecule has 0 saturated heterocycles. The molecule has 1 aromatic carbocycles. The molecule has 0 aliphatic heterocycles. The van der Waals surface area contributed by atoms with Gasteiger partial charge in [0.1, 0.15) is 18.1 Å². The van der Waals surface area contributed by atoms with Crippen molar-refractivity contribution in [2.24, 2.45) is 0 Å². The number of aldehydes is 1. The molecule has 0 radical (unpaired) electrons. The largest absolute Gasteiger partial charge is 0.489 e. The van der Waals surface area contributed by atoms with Crippen LogP contribution >= 0.6 is 0 Å². The van der Waals surface area contributed by atoms with E-state index in [-0.39, 0.29) is 11.4 Å². The van der Waals surface area contributed by atoms with Crippen LogP contribution in [0, 0.1) is 0 Å². The van der Waals surface area contributed by atoms with E-state index in [4.69, 9.17) is 9.84 Å². The maximum absolute atomic E-state index is 10.9. The molecule has 1 aromatic heterocycles. The molecular formula is C14H11NO4. The second kappa shape index (κ2) is 5.77. The van der Waals surface area contributed by atoms with Crippen LogP contribution in [0.5, 0.6) is 5.75 Å². The van der Waals surface area contributed by atoms with E-state index in [0.717, 1.165) is 5.56 Å². The first-order valence-electron chi connectivity index (χ1n) is 5.56. The smallest absolute Gasteiger partial charge is 0.354 e. The second-order valence-electron chi connectivity index (χ2n) is 3.81. The van der Waals surface area contributed by atoms with Crippen LogP contribution in [0.1, 0.15) is 26.5 Å². The van der Waals surface area contributed by atoms with Crippen LogP contribution in [0.25, 0.3) is 0 Å². The summed E-state index contributed by atoms with van der Waals surface area (Å²) in [5, 5.41) is 8.88. The number of ether oxygens (including phenoxy) is 1. The van der Waals surface area contributed by atoms with Gasteiger partial charge in [-0.05, 0) is 5.56 Å². The summed E-state index contributed by atoms with van der Waals surface area (Å²) in [5.41, 5.74) is 0.763. The number of carboxylic acids is 1. The highest BCUT2D eigenvalue weighted by molar-refractivity contribution is 5.87. The first-order valence-corrected chi connectivity index (χ1v) is 5.56. The van der Waals surface area contributed by atoms with Gasteiger partial charge in [-0.15, -0.1) is 0 Å². The van der Waals surface area contributed by atoms with Crippen molar-refractivity contribution in [3.8, 4) is 5.75 Å². The predicted octanol–water partition coefficient (Wildman–Crippen LogP) is 2.17. The number of aromatic carboxylic acids is 1. The molecule has 1 heterocycles. The Labute approximate surface area is 109 Å². The van der Waals surface area contributed by atoms with Crippen LogP contribution in [0.3, 0.4) is 0 Å². The number of carbonyl (C=O) groups excluding carboxylic acids is 1. The monoisotopic (exact) mass is 257 g/mol. The van der Waals surface area contributed by atoms with Gasteiger partial charge < -0.3 is 9.84 Å². The Balaban J connectivity index is 2.18. The highest BCUT2D eigenvalue weighted by atomic mass is 16.5. The SMILES string of the molecule is O=Cc1cc(OCc2ccccc2)cc(C(=O)O)n1. The number of carbonyl (C=O) groups is 2. The minimum Gasteiger partial charge on any atom is -0.489 e. The van der Waals surface area contributed by atoms with Crippen molar-refractivity contribution in [3.63, 3.8) is 0 Å². The third kappa shape index (κ3) is 3.38. The maximum Gasteiger partial charge on any atom is 0.354 e. The van der Waals surface area contributed by atoms with Crippen molar-refractivity contribution in [1.29, 1.82) is 0 Å². The first kappa shape index (κ1) is 12.8. The number of nitrogens with zero attached hydrogens (tertiary/aromatic N) is 1. The Morgan fingerprint density at radius 2 is 2.00 bits per heavy atom. The highest BCUT2D eigenvalue weighted by Gasteiger charge is 2.09. The van der Waals surface area contributed by atoms with Gasteiger partial charge in [0.15, 0.2) is 12.0 Å². The van der Waals surface area contributed by atoms with Crippen LogP contribution in [-0.2, 0) is 6.61 Å². The van der Waals surface area contributed by atoms with E-state index in [1.54, 1.807) is 0 Å². The molecule has 2 aromatic rings. The lowest BCUT2D eigenvalue weighted by Gasteiger charge is -2.07. The highest BCUT2D eigenvalue weighted by Crippen LogP contribution is 2.15. The van der Waals surface area contributed by atoms with Crippen molar-refractivity contribution >= 4 is 12.3 Å². The van der Waals surface area contributed by atoms with E-state index in [0.29, 0.717) is 18.6 Å². The zero-order valence-corrected chi connectivity index (χ0v) is 9.95. The standard InChI is InChI=1S/C14H11NO4/c16-8-11-6-12(7-13(15-11)14(17)18)19-9-10-4-2-1-3-5-10/h1-8H,9H2,(H,17,18). The molecule has 5 heteroatoms. The minimum absolute atomic E-state index is 0.0305. The van der Waals surface area contributed by atoms with Crippen LogP contribution in [0.4, 0.5) is 0 Å². The number of hydrogen-bond acceptors (Lipinski definition) is 4. The Morgan fingerprint density at radius 3 is 2.63 bits per heavy atom. The average Bonchev–Trinajstić information content (AvgIpc) is 2.45. The molecule has 0 aliphatic rings. The number of hydrogen-bond donors (Lipinski definition) is 1. The molecule has 0 saturated carbocycles. The molecular weight excluding hydrogens is 246 g/mol. The van der Waals surface area contributed by atoms with Gasteiger partial charge in [0.2, 0.25) is 0 Å². The summed E-state index contributed by atoms with van der Waals surface area (Å²) in [6.45, 7) is 0.294. The Bertz CT molecular complexity index is 596. The predicted molar refractivity (Wildman–Crippen MR) is 67.4 cm³/mol. The fourth-order valence-corrected chi connectivity index (χ4v) is 1.52. The lowest BCUT2D eigenvalue weighted by Crippen LogP contribution is -2.04. The van der Waals surface area contributed by atoms with E-state index < -0.39 is 5.97 Å². The maximum atomic E-state index is 10.9. The zero-order valence-electron chi connectivity index (χ0n) is 9.95. The molecule has 1 N–H and O–H groups in total. The number of carboxylic acid groups (broad SMARTS) is 1. The average molecular weight is 257 g/mol. The molecule has 0 spiro atoms. The number of rotatable bonds is 5. The van der Waals surface area contributed by atoms with E-state index in [9.17, 15) is 9.59 Å². The molecule has 0 unspecified atom stereocenters. The van der Waals surface area contributed by atoms with Crippen molar-refractivity contribution in [3.05, 3.63) is 59.4 Å². The zero-order chi connectivity index (χ0) is 13.7. The van der Waals surface area contributed by atoms with Gasteiger partial charge in [-0.2, -0.15) is 0 Å². The molecule has 0 fully saturated rings. The number of aromatic nitrogens is 1. The lowest BCUT2D eigenvalue weighted by molar-refractivity contribution is 0.0689. The van der Waals surface area contributed by atoms with Crippen LogP contribution in [-0.4, -0.2) is 22.3 Å². The summed E-state index contributed by atoms with van der Waals surface area (Å²) in [6.07, 6.45) is 0.488. The Morgan fingerprint density at radius 1 is 1.26 bits per heavy atom. The summed E-state index contributed by atoms with van der Waals surface area (Å²) in [4.78, 5) is 25.2. The van der Waals surface area contributed by atoms with Gasteiger partial charge in [-0.25, -0.2) is 9.78 Å². The summed E-state index contributed by atoms with van der Waals surface area (Å²) in [7, 11) is 0. The van der Waals surface area contributed by atoms with Crippen LogP contribution in [0.2, 0.25) is 0 Å². The third-order valence-corrected chi connectivity index (χ3v) is 2.41.